The van der Waals surface area contributed by atoms with Gasteiger partial charge in [-0.2, -0.15) is 0 Å². The van der Waals surface area contributed by atoms with Gasteiger partial charge in [0.2, 0.25) is 5.91 Å². The number of hydrogen-bond donors (Lipinski definition) is 1. The average Bonchev–Trinajstić information content (AvgIpc) is 2.41. The first kappa shape index (κ1) is 13.8. The number of ketones is 1. The van der Waals surface area contributed by atoms with Crippen LogP contribution in [0.4, 0.5) is 5.69 Å². The van der Waals surface area contributed by atoms with Crippen molar-refractivity contribution in [2.24, 2.45) is 0 Å². The molecular weight excluding hydrogens is 254 g/mol. The lowest BCUT2D eigenvalue weighted by atomic mass is 10.1. The maximum atomic E-state index is 11.3. The Kier molecular flexibility index (Phi) is 4.15. The van der Waals surface area contributed by atoms with Crippen molar-refractivity contribution in [1.82, 2.24) is 0 Å². The zero-order chi connectivity index (χ0) is 14.5. The summed E-state index contributed by atoms with van der Waals surface area (Å²) in [4.78, 5) is 22.5. The molecule has 4 nitrogen and oxygen atoms in total. The van der Waals surface area contributed by atoms with Crippen LogP contribution in [0, 0.1) is 0 Å². The number of anilines is 1. The summed E-state index contributed by atoms with van der Waals surface area (Å²) >= 11 is 0. The summed E-state index contributed by atoms with van der Waals surface area (Å²) in [6, 6.07) is 14.1. The molecule has 1 amide bonds. The summed E-state index contributed by atoms with van der Waals surface area (Å²) in [5, 5.41) is 2.70. The van der Waals surface area contributed by atoms with Crippen molar-refractivity contribution < 1.29 is 14.3 Å². The van der Waals surface area contributed by atoms with Gasteiger partial charge in [-0.3, -0.25) is 9.59 Å². The number of rotatable bonds is 4. The minimum atomic E-state index is -0.168. The van der Waals surface area contributed by atoms with Crippen molar-refractivity contribution in [3.8, 4) is 11.5 Å². The lowest BCUT2D eigenvalue weighted by molar-refractivity contribution is -0.114. The van der Waals surface area contributed by atoms with E-state index in [4.69, 9.17) is 4.74 Å². The predicted octanol–water partition coefficient (Wildman–Crippen LogP) is 3.64. The highest BCUT2D eigenvalue weighted by molar-refractivity contribution is 5.94. The highest BCUT2D eigenvalue weighted by Crippen LogP contribution is 2.29. The zero-order valence-electron chi connectivity index (χ0n) is 11.3. The number of benzene rings is 2. The second-order valence-electron chi connectivity index (χ2n) is 4.36. The van der Waals surface area contributed by atoms with Gasteiger partial charge < -0.3 is 10.1 Å². The Morgan fingerprint density at radius 1 is 1.00 bits per heavy atom. The molecule has 2 aromatic rings. The molecule has 0 radical (unpaired) electrons. The number of carbonyl (C=O) groups is 2. The minimum Gasteiger partial charge on any atom is -0.455 e. The van der Waals surface area contributed by atoms with Crippen LogP contribution in [0.5, 0.6) is 11.5 Å². The van der Waals surface area contributed by atoms with Crippen molar-refractivity contribution in [3.63, 3.8) is 0 Å². The van der Waals surface area contributed by atoms with E-state index in [1.54, 1.807) is 36.4 Å². The van der Waals surface area contributed by atoms with E-state index in [1.165, 1.54) is 13.8 Å². The molecular formula is C16H15NO3. The first-order valence-corrected chi connectivity index (χ1v) is 6.22. The van der Waals surface area contributed by atoms with E-state index >= 15 is 0 Å². The van der Waals surface area contributed by atoms with Crippen molar-refractivity contribution >= 4 is 17.4 Å². The molecule has 0 spiro atoms. The van der Waals surface area contributed by atoms with Crippen LogP contribution in [-0.2, 0) is 4.79 Å². The van der Waals surface area contributed by atoms with Crippen LogP contribution in [0.15, 0.2) is 48.5 Å². The fraction of sp³-hybridized carbons (Fsp3) is 0.125. The van der Waals surface area contributed by atoms with E-state index in [0.29, 0.717) is 22.7 Å². The molecule has 0 saturated carbocycles. The first-order chi connectivity index (χ1) is 9.56. The molecule has 0 heterocycles. The number of carbonyl (C=O) groups excluding carboxylic acids is 2. The average molecular weight is 269 g/mol. The van der Waals surface area contributed by atoms with Crippen LogP contribution >= 0.6 is 0 Å². The molecule has 2 aromatic carbocycles. The molecule has 0 aliphatic rings. The van der Waals surface area contributed by atoms with Crippen molar-refractivity contribution in [2.45, 2.75) is 13.8 Å². The molecule has 0 bridgehead atoms. The fourth-order valence-corrected chi connectivity index (χ4v) is 1.75. The molecule has 0 atom stereocenters. The molecule has 0 fully saturated rings. The summed E-state index contributed by atoms with van der Waals surface area (Å²) in [7, 11) is 0. The van der Waals surface area contributed by atoms with Gasteiger partial charge in [-0.1, -0.05) is 24.3 Å². The second kappa shape index (κ2) is 6.02. The SMILES string of the molecule is CC(=O)Nc1ccccc1Oc1cccc(C(C)=O)c1. The molecule has 2 rings (SSSR count). The van der Waals surface area contributed by atoms with Gasteiger partial charge in [0.05, 0.1) is 5.69 Å². The van der Waals surface area contributed by atoms with Crippen LogP contribution in [0.1, 0.15) is 24.2 Å². The van der Waals surface area contributed by atoms with E-state index in [2.05, 4.69) is 5.32 Å². The number of nitrogens with one attached hydrogen (secondary N) is 1. The smallest absolute Gasteiger partial charge is 0.221 e. The van der Waals surface area contributed by atoms with E-state index in [9.17, 15) is 9.59 Å². The molecule has 1 N–H and O–H groups in total. The summed E-state index contributed by atoms with van der Waals surface area (Å²) in [6.07, 6.45) is 0. The number of ether oxygens (including phenoxy) is 1. The molecule has 0 aliphatic carbocycles. The molecule has 0 aliphatic heterocycles. The lowest BCUT2D eigenvalue weighted by Gasteiger charge is -2.11. The van der Waals surface area contributed by atoms with Gasteiger partial charge in [0, 0.05) is 12.5 Å². The fourth-order valence-electron chi connectivity index (χ4n) is 1.75. The Bertz CT molecular complexity index is 650. The number of Topliss-reactive ketones (excluding diaryl/α,β-unsaturated/α-hetero) is 1. The zero-order valence-corrected chi connectivity index (χ0v) is 11.3. The molecule has 102 valence electrons. The largest absolute Gasteiger partial charge is 0.455 e. The third kappa shape index (κ3) is 3.45. The molecule has 4 heteroatoms. The van der Waals surface area contributed by atoms with E-state index < -0.39 is 0 Å². The maximum absolute atomic E-state index is 11.3. The summed E-state index contributed by atoms with van der Waals surface area (Å²) < 4.78 is 5.73. The normalized spacial score (nSPS) is 9.90. The number of para-hydroxylation sites is 2. The van der Waals surface area contributed by atoms with Crippen molar-refractivity contribution in [3.05, 3.63) is 54.1 Å². The molecule has 0 unspecified atom stereocenters. The minimum absolute atomic E-state index is 0.0226. The molecule has 20 heavy (non-hydrogen) atoms. The summed E-state index contributed by atoms with van der Waals surface area (Å²) in [6.45, 7) is 2.94. The van der Waals surface area contributed by atoms with Crippen LogP contribution < -0.4 is 10.1 Å². The Hall–Kier alpha value is -2.62. The van der Waals surface area contributed by atoms with E-state index in [0.717, 1.165) is 0 Å². The van der Waals surface area contributed by atoms with E-state index in [-0.39, 0.29) is 11.7 Å². The Labute approximate surface area is 117 Å². The topological polar surface area (TPSA) is 55.4 Å². The van der Waals surface area contributed by atoms with Crippen LogP contribution in [0.3, 0.4) is 0 Å². The highest BCUT2D eigenvalue weighted by atomic mass is 16.5. The third-order valence-electron chi connectivity index (χ3n) is 2.67. The first-order valence-electron chi connectivity index (χ1n) is 6.22. The van der Waals surface area contributed by atoms with Gasteiger partial charge in [-0.05, 0) is 31.2 Å². The van der Waals surface area contributed by atoms with Gasteiger partial charge in [0.15, 0.2) is 11.5 Å². The van der Waals surface area contributed by atoms with Crippen LogP contribution in [-0.4, -0.2) is 11.7 Å². The number of amides is 1. The highest BCUT2D eigenvalue weighted by Gasteiger charge is 2.07. The van der Waals surface area contributed by atoms with Crippen molar-refractivity contribution in [2.75, 3.05) is 5.32 Å². The number of hydrogen-bond acceptors (Lipinski definition) is 3. The lowest BCUT2D eigenvalue weighted by Crippen LogP contribution is -2.06. The summed E-state index contributed by atoms with van der Waals surface area (Å²) in [5.41, 5.74) is 1.17. The van der Waals surface area contributed by atoms with Gasteiger partial charge in [-0.25, -0.2) is 0 Å². The van der Waals surface area contributed by atoms with Crippen LogP contribution in [0.2, 0.25) is 0 Å². The van der Waals surface area contributed by atoms with Gasteiger partial charge in [-0.15, -0.1) is 0 Å². The Morgan fingerprint density at radius 2 is 1.75 bits per heavy atom. The van der Waals surface area contributed by atoms with Gasteiger partial charge in [0.1, 0.15) is 5.75 Å². The molecule has 0 aromatic heterocycles. The Morgan fingerprint density at radius 3 is 2.45 bits per heavy atom. The summed E-state index contributed by atoms with van der Waals surface area (Å²) in [5.74, 6) is 0.892. The third-order valence-corrected chi connectivity index (χ3v) is 2.67. The molecule has 0 saturated heterocycles. The van der Waals surface area contributed by atoms with Gasteiger partial charge >= 0.3 is 0 Å². The monoisotopic (exact) mass is 269 g/mol. The quantitative estimate of drug-likeness (QED) is 0.862. The van der Waals surface area contributed by atoms with Gasteiger partial charge in [0.25, 0.3) is 0 Å². The van der Waals surface area contributed by atoms with Crippen molar-refractivity contribution in [1.29, 1.82) is 0 Å². The van der Waals surface area contributed by atoms with Crippen LogP contribution in [0.25, 0.3) is 0 Å². The predicted molar refractivity (Wildman–Crippen MR) is 77.3 cm³/mol. The second-order valence-corrected chi connectivity index (χ2v) is 4.36. The standard InChI is InChI=1S/C16H15NO3/c1-11(18)13-6-5-7-14(10-13)20-16-9-4-3-8-15(16)17-12(2)19/h3-10H,1-2H3,(H,17,19). The Balaban J connectivity index is 2.28. The maximum Gasteiger partial charge on any atom is 0.221 e. The van der Waals surface area contributed by atoms with E-state index in [1.807, 2.05) is 12.1 Å².